The number of carbonyl (C=O) groups excluding carboxylic acids is 1. The lowest BCUT2D eigenvalue weighted by atomic mass is 9.90. The van der Waals surface area contributed by atoms with Gasteiger partial charge < -0.3 is 19.9 Å². The SMILES string of the molecule is O=C(NC1CCCCC1)C1=C[C@H](c2ccc3c(c2)Cc2ccccc2-3)C[C@H](OCCCCO)O1. The van der Waals surface area contributed by atoms with Gasteiger partial charge in [-0.2, -0.15) is 0 Å². The Morgan fingerprint density at radius 1 is 1.03 bits per heavy atom. The molecule has 34 heavy (non-hydrogen) atoms. The lowest BCUT2D eigenvalue weighted by Gasteiger charge is -2.31. The van der Waals surface area contributed by atoms with Crippen molar-refractivity contribution in [1.29, 1.82) is 0 Å². The molecule has 180 valence electrons. The zero-order valence-corrected chi connectivity index (χ0v) is 19.8. The van der Waals surface area contributed by atoms with E-state index in [0.717, 1.165) is 25.7 Å². The molecule has 1 aliphatic heterocycles. The zero-order chi connectivity index (χ0) is 23.3. The summed E-state index contributed by atoms with van der Waals surface area (Å²) >= 11 is 0. The fourth-order valence-electron chi connectivity index (χ4n) is 5.48. The summed E-state index contributed by atoms with van der Waals surface area (Å²) in [5.74, 6) is 0.296. The number of rotatable bonds is 8. The Morgan fingerprint density at radius 3 is 2.71 bits per heavy atom. The smallest absolute Gasteiger partial charge is 0.286 e. The first-order valence-corrected chi connectivity index (χ1v) is 12.8. The molecule has 0 unspecified atom stereocenters. The monoisotopic (exact) mass is 461 g/mol. The van der Waals surface area contributed by atoms with E-state index in [1.165, 1.54) is 47.1 Å². The van der Waals surface area contributed by atoms with Gasteiger partial charge in [-0.1, -0.05) is 61.7 Å². The van der Waals surface area contributed by atoms with Gasteiger partial charge >= 0.3 is 0 Å². The predicted octanol–water partition coefficient (Wildman–Crippen LogP) is 5.21. The van der Waals surface area contributed by atoms with Crippen LogP contribution in [0.1, 0.15) is 74.0 Å². The average molecular weight is 462 g/mol. The lowest BCUT2D eigenvalue weighted by molar-refractivity contribution is -0.147. The van der Waals surface area contributed by atoms with Gasteiger partial charge in [-0.05, 0) is 66.0 Å². The first-order chi connectivity index (χ1) is 16.7. The van der Waals surface area contributed by atoms with Crippen LogP contribution < -0.4 is 5.32 Å². The van der Waals surface area contributed by atoms with Crippen molar-refractivity contribution in [3.05, 3.63) is 71.0 Å². The Morgan fingerprint density at radius 2 is 1.85 bits per heavy atom. The van der Waals surface area contributed by atoms with Gasteiger partial charge in [-0.25, -0.2) is 0 Å². The van der Waals surface area contributed by atoms with E-state index < -0.39 is 6.29 Å². The second-order valence-electron chi connectivity index (χ2n) is 9.78. The van der Waals surface area contributed by atoms with Crippen LogP contribution in [0.4, 0.5) is 0 Å². The Kier molecular flexibility index (Phi) is 7.31. The number of aliphatic hydroxyl groups excluding tert-OH is 1. The fraction of sp³-hybridized carbons (Fsp3) is 0.483. The van der Waals surface area contributed by atoms with Crippen LogP contribution in [0.5, 0.6) is 0 Å². The third kappa shape index (κ3) is 5.21. The lowest BCUT2D eigenvalue weighted by Crippen LogP contribution is -2.39. The summed E-state index contributed by atoms with van der Waals surface area (Å²) in [6.07, 6.45) is 10.3. The van der Waals surface area contributed by atoms with E-state index in [0.29, 0.717) is 25.2 Å². The molecule has 0 saturated heterocycles. The van der Waals surface area contributed by atoms with Crippen LogP contribution in [0.2, 0.25) is 0 Å². The predicted molar refractivity (Wildman–Crippen MR) is 132 cm³/mol. The van der Waals surface area contributed by atoms with Crippen molar-refractivity contribution in [3.63, 3.8) is 0 Å². The van der Waals surface area contributed by atoms with Crippen LogP contribution in [-0.2, 0) is 20.7 Å². The number of unbranched alkanes of at least 4 members (excludes halogenated alkanes) is 1. The number of hydrogen-bond acceptors (Lipinski definition) is 4. The highest BCUT2D eigenvalue weighted by Gasteiger charge is 2.30. The summed E-state index contributed by atoms with van der Waals surface area (Å²) in [5.41, 5.74) is 6.54. The molecule has 2 aromatic carbocycles. The molecule has 5 nitrogen and oxygen atoms in total. The summed E-state index contributed by atoms with van der Waals surface area (Å²) in [4.78, 5) is 13.1. The van der Waals surface area contributed by atoms with Crippen molar-refractivity contribution in [2.45, 2.75) is 76.0 Å². The third-order valence-corrected chi connectivity index (χ3v) is 7.32. The van der Waals surface area contributed by atoms with E-state index in [1.54, 1.807) is 0 Å². The number of hydrogen-bond donors (Lipinski definition) is 2. The molecule has 2 aliphatic carbocycles. The molecule has 0 bridgehead atoms. The molecule has 5 heteroatoms. The van der Waals surface area contributed by atoms with E-state index in [4.69, 9.17) is 14.6 Å². The second kappa shape index (κ2) is 10.7. The number of ether oxygens (including phenoxy) is 2. The molecule has 5 rings (SSSR count). The highest BCUT2D eigenvalue weighted by Crippen LogP contribution is 2.40. The molecule has 1 heterocycles. The average Bonchev–Trinajstić information content (AvgIpc) is 3.25. The van der Waals surface area contributed by atoms with E-state index in [2.05, 4.69) is 47.8 Å². The first kappa shape index (κ1) is 23.1. The number of aliphatic hydroxyl groups is 1. The van der Waals surface area contributed by atoms with Gasteiger partial charge in [0.1, 0.15) is 0 Å². The van der Waals surface area contributed by atoms with E-state index in [9.17, 15) is 4.79 Å². The maximum absolute atomic E-state index is 13.1. The summed E-state index contributed by atoms with van der Waals surface area (Å²) in [5, 5.41) is 12.2. The molecule has 2 N–H and O–H groups in total. The van der Waals surface area contributed by atoms with Crippen LogP contribution in [0.25, 0.3) is 11.1 Å². The quantitative estimate of drug-likeness (QED) is 0.452. The number of fused-ring (bicyclic) bond motifs is 3. The first-order valence-electron chi connectivity index (χ1n) is 12.8. The second-order valence-corrected chi connectivity index (χ2v) is 9.78. The summed E-state index contributed by atoms with van der Waals surface area (Å²) in [6.45, 7) is 0.666. The molecule has 0 spiro atoms. The molecule has 1 fully saturated rings. The van der Waals surface area contributed by atoms with Crippen LogP contribution in [0, 0.1) is 0 Å². The van der Waals surface area contributed by atoms with Crippen LogP contribution in [0.15, 0.2) is 54.3 Å². The van der Waals surface area contributed by atoms with Crippen molar-refractivity contribution < 1.29 is 19.4 Å². The Hall–Kier alpha value is -2.63. The third-order valence-electron chi connectivity index (χ3n) is 7.32. The van der Waals surface area contributed by atoms with Gasteiger partial charge in [0.05, 0.1) is 6.61 Å². The van der Waals surface area contributed by atoms with Crippen molar-refractivity contribution in [1.82, 2.24) is 5.32 Å². The molecule has 1 saturated carbocycles. The van der Waals surface area contributed by atoms with Crippen LogP contribution in [-0.4, -0.2) is 36.6 Å². The minimum Gasteiger partial charge on any atom is -0.459 e. The van der Waals surface area contributed by atoms with Crippen LogP contribution in [0.3, 0.4) is 0 Å². The fourth-order valence-corrected chi connectivity index (χ4v) is 5.48. The van der Waals surface area contributed by atoms with Gasteiger partial charge in [0.2, 0.25) is 6.29 Å². The maximum Gasteiger partial charge on any atom is 0.286 e. The summed E-state index contributed by atoms with van der Waals surface area (Å²) in [7, 11) is 0. The largest absolute Gasteiger partial charge is 0.459 e. The minimum absolute atomic E-state index is 0.0534. The van der Waals surface area contributed by atoms with Crippen molar-refractivity contribution >= 4 is 5.91 Å². The number of carbonyl (C=O) groups is 1. The maximum atomic E-state index is 13.1. The van der Waals surface area contributed by atoms with E-state index in [-0.39, 0.29) is 24.5 Å². The Bertz CT molecular complexity index is 1040. The molecule has 0 aromatic heterocycles. The van der Waals surface area contributed by atoms with Gasteiger partial charge in [-0.3, -0.25) is 4.79 Å². The topological polar surface area (TPSA) is 67.8 Å². The van der Waals surface area contributed by atoms with Gasteiger partial charge in [-0.15, -0.1) is 0 Å². The molecule has 2 atom stereocenters. The van der Waals surface area contributed by atoms with E-state index >= 15 is 0 Å². The Balaban J connectivity index is 1.35. The van der Waals surface area contributed by atoms with Crippen molar-refractivity contribution in [2.24, 2.45) is 0 Å². The van der Waals surface area contributed by atoms with E-state index in [1.807, 2.05) is 6.08 Å². The zero-order valence-electron chi connectivity index (χ0n) is 19.8. The Labute approximate surface area is 202 Å². The molecule has 2 aromatic rings. The number of benzene rings is 2. The standard InChI is InChI=1S/C29H35NO4/c31-14-6-7-15-33-28-19-22(18-27(34-28)29(32)30-24-9-2-1-3-10-24)20-12-13-26-23(16-20)17-21-8-4-5-11-25(21)26/h4-5,8,11-13,16,18,22,24,28,31H,1-3,6-7,9-10,14-15,17,19H2,(H,30,32)/t22-,28+/m0/s1. The summed E-state index contributed by atoms with van der Waals surface area (Å²) in [6, 6.07) is 15.5. The highest BCUT2D eigenvalue weighted by atomic mass is 16.7. The molecule has 0 radical (unpaired) electrons. The van der Waals surface area contributed by atoms with Crippen LogP contribution >= 0.6 is 0 Å². The minimum atomic E-state index is -0.466. The normalized spacial score (nSPS) is 21.9. The highest BCUT2D eigenvalue weighted by molar-refractivity contribution is 5.92. The molecular weight excluding hydrogens is 426 g/mol. The van der Waals surface area contributed by atoms with Crippen molar-refractivity contribution in [2.75, 3.05) is 13.2 Å². The number of amides is 1. The number of allylic oxidation sites excluding steroid dienone is 1. The molecule has 1 amide bonds. The summed E-state index contributed by atoms with van der Waals surface area (Å²) < 4.78 is 12.0. The number of nitrogens with one attached hydrogen (secondary N) is 1. The molecule has 3 aliphatic rings. The van der Waals surface area contributed by atoms with Gasteiger partial charge in [0.25, 0.3) is 5.91 Å². The van der Waals surface area contributed by atoms with Crippen molar-refractivity contribution in [3.8, 4) is 11.1 Å². The molecular formula is C29H35NO4. The van der Waals surface area contributed by atoms with Gasteiger partial charge in [0, 0.05) is 25.0 Å². The van der Waals surface area contributed by atoms with Gasteiger partial charge in [0.15, 0.2) is 5.76 Å².